The summed E-state index contributed by atoms with van der Waals surface area (Å²) in [6, 6.07) is 22.6. The topological polar surface area (TPSA) is 175 Å². The summed E-state index contributed by atoms with van der Waals surface area (Å²) < 4.78 is 71.9. The number of likely N-dealkylation sites (tertiary alicyclic amines) is 1. The van der Waals surface area contributed by atoms with Gasteiger partial charge in [-0.05, 0) is 101 Å². The largest absolute Gasteiger partial charge is 0.495 e. The molecule has 0 bridgehead atoms. The van der Waals surface area contributed by atoms with Crippen molar-refractivity contribution in [2.45, 2.75) is 52.0 Å². The molecule has 4 N–H and O–H groups in total. The molecule has 3 aromatic carbocycles. The number of carbonyl (C=O) groups is 2. The van der Waals surface area contributed by atoms with Gasteiger partial charge in [-0.25, -0.2) is 0 Å². The van der Waals surface area contributed by atoms with E-state index in [9.17, 15) is 27.6 Å². The van der Waals surface area contributed by atoms with Crippen LogP contribution in [0.1, 0.15) is 45.9 Å². The Morgan fingerprint density at radius 3 is 2.38 bits per heavy atom. The molecule has 19 heteroatoms. The molecule has 3 aromatic heterocycles. The summed E-state index contributed by atoms with van der Waals surface area (Å²) in [4.78, 5) is 40.5. The van der Waals surface area contributed by atoms with Crippen LogP contribution in [0, 0.1) is 25.7 Å². The van der Waals surface area contributed by atoms with Crippen LogP contribution in [-0.4, -0.2) is 123 Å². The number of para-hydroxylation sites is 1. The fraction of sp³-hybridized carbons (Fsp3) is 0.385. The molecule has 16 nitrogen and oxygen atoms in total. The number of alkyl halides is 3. The average Bonchev–Trinajstić information content (AvgIpc) is 3.88. The SMILES string of the molecule is COc1cc(C(=O)NCCOCCOCCNC(=O)COc2ccccc2Cn2cc(-c3c(C)noc3C)ccc2=O)ccc1NCC#Cc1cc2c(NC3CCN(C)CC3)cccc2n1CC(F)(F)F. The summed E-state index contributed by atoms with van der Waals surface area (Å²) in [5, 5.41) is 17.0. The Morgan fingerprint density at radius 2 is 1.65 bits per heavy atom. The summed E-state index contributed by atoms with van der Waals surface area (Å²) in [6.07, 6.45) is -0.799. The van der Waals surface area contributed by atoms with Crippen molar-refractivity contribution >= 4 is 34.1 Å². The summed E-state index contributed by atoms with van der Waals surface area (Å²) in [6.45, 7) is 6.02. The van der Waals surface area contributed by atoms with Gasteiger partial charge in [0.05, 0.1) is 69.2 Å². The van der Waals surface area contributed by atoms with Crippen molar-refractivity contribution in [2.24, 2.45) is 0 Å². The Morgan fingerprint density at radius 1 is 0.887 bits per heavy atom. The van der Waals surface area contributed by atoms with Crippen LogP contribution in [0.3, 0.4) is 0 Å². The van der Waals surface area contributed by atoms with Crippen LogP contribution in [0.15, 0.2) is 94.4 Å². The minimum absolute atomic E-state index is 0.104. The van der Waals surface area contributed by atoms with E-state index in [1.807, 2.05) is 32.0 Å². The normalized spacial score (nSPS) is 13.1. The van der Waals surface area contributed by atoms with Gasteiger partial charge >= 0.3 is 6.18 Å². The lowest BCUT2D eigenvalue weighted by atomic mass is 10.0. The van der Waals surface area contributed by atoms with Gasteiger partial charge in [-0.1, -0.05) is 35.3 Å². The second kappa shape index (κ2) is 24.5. The van der Waals surface area contributed by atoms with Crippen LogP contribution in [0.4, 0.5) is 24.5 Å². The van der Waals surface area contributed by atoms with Crippen LogP contribution in [0.2, 0.25) is 0 Å². The Kier molecular flexibility index (Phi) is 17.8. The van der Waals surface area contributed by atoms with E-state index in [2.05, 4.69) is 50.2 Å². The molecule has 7 rings (SSSR count). The number of halogens is 3. The molecule has 2 amide bonds. The molecule has 1 fully saturated rings. The highest BCUT2D eigenvalue weighted by Crippen LogP contribution is 2.32. The molecule has 1 aliphatic heterocycles. The fourth-order valence-corrected chi connectivity index (χ4v) is 8.26. The lowest BCUT2D eigenvalue weighted by molar-refractivity contribution is -0.140. The monoisotopic (exact) mass is 980 g/mol. The molecule has 0 saturated carbocycles. The maximum Gasteiger partial charge on any atom is 0.406 e. The van der Waals surface area contributed by atoms with Crippen molar-refractivity contribution in [3.63, 3.8) is 0 Å². The molecule has 6 aromatic rings. The molecule has 1 saturated heterocycles. The van der Waals surface area contributed by atoms with Crippen molar-refractivity contribution in [3.05, 3.63) is 124 Å². The van der Waals surface area contributed by atoms with E-state index in [1.165, 1.54) is 17.7 Å². The average molecular weight is 981 g/mol. The van der Waals surface area contributed by atoms with E-state index >= 15 is 0 Å². The zero-order chi connectivity index (χ0) is 50.3. The van der Waals surface area contributed by atoms with Gasteiger partial charge in [0.25, 0.3) is 17.4 Å². The van der Waals surface area contributed by atoms with E-state index in [0.717, 1.165) is 54.0 Å². The number of nitrogens with zero attached hydrogens (tertiary/aromatic N) is 4. The van der Waals surface area contributed by atoms with Gasteiger partial charge in [0.2, 0.25) is 0 Å². The number of hydrogen-bond acceptors (Lipinski definition) is 12. The second-order valence-electron chi connectivity index (χ2n) is 17.1. The number of nitrogens with one attached hydrogen (secondary N) is 4. The summed E-state index contributed by atoms with van der Waals surface area (Å²) in [7, 11) is 3.55. The van der Waals surface area contributed by atoms with E-state index in [1.54, 1.807) is 65.4 Å². The van der Waals surface area contributed by atoms with Crippen LogP contribution < -0.4 is 36.3 Å². The Bertz CT molecular complexity index is 2870. The number of pyridine rings is 1. The minimum Gasteiger partial charge on any atom is -0.495 e. The van der Waals surface area contributed by atoms with Crippen LogP contribution in [0.25, 0.3) is 22.0 Å². The van der Waals surface area contributed by atoms with Crippen molar-refractivity contribution in [1.29, 1.82) is 0 Å². The number of piperidine rings is 1. The number of methoxy groups -OCH3 is 1. The third-order valence-corrected chi connectivity index (χ3v) is 11.9. The Balaban J connectivity index is 0.787. The molecule has 0 spiro atoms. The molecule has 0 atom stereocenters. The highest BCUT2D eigenvalue weighted by Gasteiger charge is 2.30. The third-order valence-electron chi connectivity index (χ3n) is 11.9. The third kappa shape index (κ3) is 14.4. The molecular weight excluding hydrogens is 922 g/mol. The molecule has 4 heterocycles. The van der Waals surface area contributed by atoms with Crippen molar-refractivity contribution < 1.29 is 46.2 Å². The number of aromatic nitrogens is 3. The van der Waals surface area contributed by atoms with E-state index in [0.29, 0.717) is 39.4 Å². The predicted molar refractivity (Wildman–Crippen MR) is 264 cm³/mol. The zero-order valence-corrected chi connectivity index (χ0v) is 40.2. The number of hydrogen-bond donors (Lipinski definition) is 4. The van der Waals surface area contributed by atoms with E-state index in [4.69, 9.17) is 23.5 Å². The minimum atomic E-state index is -4.44. The van der Waals surface area contributed by atoms with Crippen LogP contribution >= 0.6 is 0 Å². The van der Waals surface area contributed by atoms with Gasteiger partial charge in [-0.3, -0.25) is 14.4 Å². The smallest absolute Gasteiger partial charge is 0.406 e. The van der Waals surface area contributed by atoms with Gasteiger partial charge in [0.15, 0.2) is 6.61 Å². The van der Waals surface area contributed by atoms with Gasteiger partial charge in [0, 0.05) is 64.7 Å². The van der Waals surface area contributed by atoms with Gasteiger partial charge in [-0.15, -0.1) is 0 Å². The maximum absolute atomic E-state index is 13.8. The van der Waals surface area contributed by atoms with E-state index in [-0.39, 0.29) is 88.3 Å². The molecule has 1 aliphatic rings. The number of carbonyl (C=O) groups excluding carboxylic acids is 2. The van der Waals surface area contributed by atoms with Gasteiger partial charge in [0.1, 0.15) is 23.8 Å². The lowest BCUT2D eigenvalue weighted by Gasteiger charge is -2.30. The molecule has 0 unspecified atom stereocenters. The molecule has 71 heavy (non-hydrogen) atoms. The first-order chi connectivity index (χ1) is 34.3. The highest BCUT2D eigenvalue weighted by atomic mass is 19.4. The van der Waals surface area contributed by atoms with Crippen molar-refractivity contribution in [3.8, 4) is 34.5 Å². The summed E-state index contributed by atoms with van der Waals surface area (Å²) in [5.74, 6) is 6.74. The Hall–Kier alpha value is -7.27. The molecule has 376 valence electrons. The molecular formula is C52H59F3N8O8. The number of rotatable bonds is 22. The first-order valence-corrected chi connectivity index (χ1v) is 23.4. The first kappa shape index (κ1) is 51.6. The van der Waals surface area contributed by atoms with Crippen molar-refractivity contribution in [2.75, 3.05) is 90.5 Å². The predicted octanol–water partition coefficient (Wildman–Crippen LogP) is 6.62. The standard InChI is InChI=1S/C52H59F3N8O8/c1-35-50(36(2)71-60-35)39-15-17-49(65)62(32-39)31-38-9-5-6-13-46(38)70-33-48(64)57-21-25-68-27-28-69-26-22-58-51(66)37-14-16-44(47(29-37)67-4)56-20-8-10-41-30-42-43(59-40-18-23-61(3)24-19-40)11-7-12-45(42)63(41)34-52(53,54)55/h5-7,9,11-17,29-30,32,40,56,59H,18-28,31,33-34H2,1-4H3,(H,57,64)(H,58,66). The van der Waals surface area contributed by atoms with Crippen molar-refractivity contribution in [1.82, 2.24) is 29.8 Å². The first-order valence-electron chi connectivity index (χ1n) is 23.4. The molecule has 0 aliphatic carbocycles. The number of aryl methyl sites for hydroxylation is 2. The number of ether oxygens (including phenoxy) is 4. The van der Waals surface area contributed by atoms with Gasteiger partial charge in [-0.2, -0.15) is 13.2 Å². The quantitative estimate of drug-likeness (QED) is 0.0424. The highest BCUT2D eigenvalue weighted by molar-refractivity contribution is 5.95. The zero-order valence-electron chi connectivity index (χ0n) is 40.2. The number of amides is 2. The number of fused-ring (bicyclic) bond motifs is 1. The fourth-order valence-electron chi connectivity index (χ4n) is 8.26. The van der Waals surface area contributed by atoms with Gasteiger partial charge < -0.3 is 58.8 Å². The van der Waals surface area contributed by atoms with E-state index < -0.39 is 12.7 Å². The second-order valence-corrected chi connectivity index (χ2v) is 17.1. The number of benzene rings is 3. The van der Waals surface area contributed by atoms with Crippen LogP contribution in [0.5, 0.6) is 11.5 Å². The maximum atomic E-state index is 13.8. The number of anilines is 2. The summed E-state index contributed by atoms with van der Waals surface area (Å²) >= 11 is 0. The summed E-state index contributed by atoms with van der Waals surface area (Å²) in [5.41, 5.74) is 5.31. The van der Waals surface area contributed by atoms with Crippen LogP contribution in [-0.2, 0) is 27.4 Å². The molecule has 0 radical (unpaired) electrons. The lowest BCUT2D eigenvalue weighted by Crippen LogP contribution is -2.36. The Labute approximate surface area is 409 Å².